The van der Waals surface area contributed by atoms with Gasteiger partial charge in [0.05, 0.1) is 22.4 Å². The SMILES string of the molecule is Nc1cc(Br)c2c(c1N)CN(CCc1ccccc1)CC2.O=c1[nH]c2cc(Br)c3c(c2[nH]c1=O)CN(CCc1ccccc1)CC3. The van der Waals surface area contributed by atoms with E-state index in [4.69, 9.17) is 11.5 Å². The summed E-state index contributed by atoms with van der Waals surface area (Å²) in [6, 6.07) is 24.9. The first-order valence-corrected chi connectivity index (χ1v) is 17.2. The van der Waals surface area contributed by atoms with Crippen LogP contribution in [0, 0.1) is 0 Å². The Balaban J connectivity index is 0.000000164. The van der Waals surface area contributed by atoms with Crippen LogP contribution in [0.4, 0.5) is 11.4 Å². The summed E-state index contributed by atoms with van der Waals surface area (Å²) in [5.74, 6) is 0. The molecule has 0 amide bonds. The number of aromatic nitrogens is 2. The Hall–Kier alpha value is -3.70. The van der Waals surface area contributed by atoms with Gasteiger partial charge in [0.2, 0.25) is 0 Å². The van der Waals surface area contributed by atoms with Crippen LogP contribution >= 0.6 is 31.9 Å². The van der Waals surface area contributed by atoms with Crippen LogP contribution in [0.25, 0.3) is 11.0 Å². The van der Waals surface area contributed by atoms with Gasteiger partial charge in [-0.2, -0.15) is 0 Å². The highest BCUT2D eigenvalue weighted by Gasteiger charge is 2.23. The van der Waals surface area contributed by atoms with E-state index in [-0.39, 0.29) is 0 Å². The van der Waals surface area contributed by atoms with Gasteiger partial charge in [0.15, 0.2) is 0 Å². The van der Waals surface area contributed by atoms with Crippen molar-refractivity contribution >= 4 is 54.3 Å². The molecule has 2 aliphatic heterocycles. The zero-order valence-electron chi connectivity index (χ0n) is 25.6. The Morgan fingerprint density at radius 3 is 1.74 bits per heavy atom. The highest BCUT2D eigenvalue weighted by atomic mass is 79.9. The highest BCUT2D eigenvalue weighted by molar-refractivity contribution is 9.10. The molecule has 7 rings (SSSR count). The van der Waals surface area contributed by atoms with Crippen molar-refractivity contribution < 1.29 is 0 Å². The maximum absolute atomic E-state index is 11.8. The van der Waals surface area contributed by atoms with Crippen molar-refractivity contribution in [3.05, 3.63) is 136 Å². The molecule has 10 heteroatoms. The first-order chi connectivity index (χ1) is 22.3. The zero-order valence-corrected chi connectivity index (χ0v) is 28.8. The molecule has 2 aliphatic rings. The molecular formula is C36H38Br2N6O2. The third-order valence-electron chi connectivity index (χ3n) is 9.00. The van der Waals surface area contributed by atoms with Gasteiger partial charge >= 0.3 is 11.1 Å². The second-order valence-corrected chi connectivity index (χ2v) is 13.7. The van der Waals surface area contributed by atoms with Crippen LogP contribution in [0.5, 0.6) is 0 Å². The molecule has 0 atom stereocenters. The molecule has 0 bridgehead atoms. The number of nitrogens with two attached hydrogens (primary N) is 2. The van der Waals surface area contributed by atoms with E-state index in [1.54, 1.807) is 0 Å². The monoisotopic (exact) mass is 744 g/mol. The average Bonchev–Trinajstić information content (AvgIpc) is 3.07. The maximum atomic E-state index is 11.8. The van der Waals surface area contributed by atoms with Crippen molar-refractivity contribution in [3.8, 4) is 0 Å². The van der Waals surface area contributed by atoms with Gasteiger partial charge in [-0.25, -0.2) is 0 Å². The van der Waals surface area contributed by atoms with Crippen LogP contribution in [0.15, 0.2) is 91.3 Å². The number of aromatic amines is 2. The summed E-state index contributed by atoms with van der Waals surface area (Å²) in [5.41, 5.74) is 21.3. The largest absolute Gasteiger partial charge is 0.397 e. The number of benzene rings is 4. The summed E-state index contributed by atoms with van der Waals surface area (Å²) < 4.78 is 2.08. The molecule has 0 unspecified atom stereocenters. The van der Waals surface area contributed by atoms with Gasteiger partial charge in [-0.15, -0.1) is 0 Å². The lowest BCUT2D eigenvalue weighted by Crippen LogP contribution is -2.34. The Labute approximate surface area is 285 Å². The smallest absolute Gasteiger partial charge is 0.314 e. The number of rotatable bonds is 6. The number of H-pyrrole nitrogens is 2. The summed E-state index contributed by atoms with van der Waals surface area (Å²) in [6.07, 6.45) is 4.01. The fourth-order valence-electron chi connectivity index (χ4n) is 6.40. The molecular weight excluding hydrogens is 708 g/mol. The van der Waals surface area contributed by atoms with E-state index < -0.39 is 11.1 Å². The fraction of sp³-hybridized carbons (Fsp3) is 0.278. The van der Waals surface area contributed by atoms with E-state index in [2.05, 4.69) is 106 Å². The van der Waals surface area contributed by atoms with Crippen molar-refractivity contribution in [2.45, 2.75) is 38.8 Å². The molecule has 0 saturated heterocycles. The first kappa shape index (κ1) is 32.2. The number of nitrogens with zero attached hydrogens (tertiary/aromatic N) is 2. The first-order valence-electron chi connectivity index (χ1n) is 15.6. The number of nitrogen functional groups attached to an aromatic ring is 2. The van der Waals surface area contributed by atoms with Gasteiger partial charge in [0, 0.05) is 48.2 Å². The number of halogens is 2. The number of anilines is 2. The second-order valence-electron chi connectivity index (χ2n) is 12.0. The number of hydrogen-bond donors (Lipinski definition) is 4. The van der Waals surface area contributed by atoms with Crippen LogP contribution in [0.3, 0.4) is 0 Å². The standard InChI is InChI=1S/C19H18BrN3O2.C17H20BrN3/c20-15-10-16-17(22-19(25)18(24)21-16)14-11-23(9-7-13(14)15)8-6-12-4-2-1-3-5-12;18-15-10-16(19)17(20)14-11-21(9-7-13(14)15)8-6-12-4-2-1-3-5-12/h1-5,10H,6-9,11H2,(H,21,24)(H,22,25);1-5,10H,6-9,11,19-20H2. The lowest BCUT2D eigenvalue weighted by atomic mass is 9.96. The van der Waals surface area contributed by atoms with Crippen LogP contribution in [0.2, 0.25) is 0 Å². The molecule has 4 aromatic carbocycles. The maximum Gasteiger partial charge on any atom is 0.314 e. The van der Waals surface area contributed by atoms with Crippen LogP contribution in [0.1, 0.15) is 33.4 Å². The minimum Gasteiger partial charge on any atom is -0.397 e. The molecule has 0 aliphatic carbocycles. The quantitative estimate of drug-likeness (QED) is 0.129. The minimum atomic E-state index is -0.615. The summed E-state index contributed by atoms with van der Waals surface area (Å²) >= 11 is 7.22. The molecule has 5 aromatic rings. The molecule has 8 nitrogen and oxygen atoms in total. The number of fused-ring (bicyclic) bond motifs is 4. The van der Waals surface area contributed by atoms with E-state index in [0.717, 1.165) is 90.7 Å². The van der Waals surface area contributed by atoms with E-state index in [9.17, 15) is 9.59 Å². The van der Waals surface area contributed by atoms with E-state index >= 15 is 0 Å². The van der Waals surface area contributed by atoms with Crippen molar-refractivity contribution in [1.29, 1.82) is 0 Å². The Morgan fingerprint density at radius 1 is 0.652 bits per heavy atom. The third kappa shape index (κ3) is 7.31. The number of hydrogen-bond acceptors (Lipinski definition) is 6. The summed E-state index contributed by atoms with van der Waals surface area (Å²) in [7, 11) is 0. The van der Waals surface area contributed by atoms with E-state index in [1.165, 1.54) is 27.8 Å². The Bertz CT molecular complexity index is 1960. The molecule has 46 heavy (non-hydrogen) atoms. The molecule has 0 fully saturated rings. The van der Waals surface area contributed by atoms with Gasteiger partial charge in [-0.1, -0.05) is 92.5 Å². The molecule has 3 heterocycles. The highest BCUT2D eigenvalue weighted by Crippen LogP contribution is 2.35. The normalized spacial score (nSPS) is 14.7. The second kappa shape index (κ2) is 14.4. The predicted molar refractivity (Wildman–Crippen MR) is 194 cm³/mol. The summed E-state index contributed by atoms with van der Waals surface area (Å²) in [6.45, 7) is 5.72. The van der Waals surface area contributed by atoms with Gasteiger partial charge in [-0.3, -0.25) is 19.4 Å². The minimum absolute atomic E-state index is 0.599. The molecule has 0 saturated carbocycles. The van der Waals surface area contributed by atoms with Gasteiger partial charge in [0.1, 0.15) is 0 Å². The zero-order chi connectivity index (χ0) is 32.2. The molecule has 0 radical (unpaired) electrons. The molecule has 238 valence electrons. The number of nitrogens with one attached hydrogen (secondary N) is 2. The fourth-order valence-corrected chi connectivity index (χ4v) is 7.75. The van der Waals surface area contributed by atoms with Gasteiger partial charge in [-0.05, 0) is 71.2 Å². The van der Waals surface area contributed by atoms with Crippen molar-refractivity contribution in [1.82, 2.24) is 19.8 Å². The summed E-state index contributed by atoms with van der Waals surface area (Å²) in [5, 5.41) is 0. The van der Waals surface area contributed by atoms with Gasteiger partial charge < -0.3 is 21.4 Å². The Morgan fingerprint density at radius 2 is 1.15 bits per heavy atom. The molecule has 0 spiro atoms. The van der Waals surface area contributed by atoms with Gasteiger partial charge in [0.25, 0.3) is 0 Å². The third-order valence-corrected chi connectivity index (χ3v) is 10.4. The lowest BCUT2D eigenvalue weighted by Gasteiger charge is -2.30. The predicted octanol–water partition coefficient (Wildman–Crippen LogP) is 5.79. The van der Waals surface area contributed by atoms with Crippen LogP contribution < -0.4 is 22.6 Å². The lowest BCUT2D eigenvalue weighted by molar-refractivity contribution is 0.257. The van der Waals surface area contributed by atoms with E-state index in [0.29, 0.717) is 11.2 Å². The van der Waals surface area contributed by atoms with Crippen LogP contribution in [-0.4, -0.2) is 45.9 Å². The Kier molecular flexibility index (Phi) is 10.1. The summed E-state index contributed by atoms with van der Waals surface area (Å²) in [4.78, 5) is 33.7. The van der Waals surface area contributed by atoms with E-state index in [1.807, 2.05) is 18.2 Å². The van der Waals surface area contributed by atoms with Crippen molar-refractivity contribution in [2.24, 2.45) is 0 Å². The van der Waals surface area contributed by atoms with Crippen molar-refractivity contribution in [3.63, 3.8) is 0 Å². The average molecular weight is 747 g/mol. The van der Waals surface area contributed by atoms with Crippen LogP contribution in [-0.2, 0) is 38.8 Å². The topological polar surface area (TPSA) is 124 Å². The molecule has 1 aromatic heterocycles. The molecule has 6 N–H and O–H groups in total. The van der Waals surface area contributed by atoms with Crippen molar-refractivity contribution in [2.75, 3.05) is 37.6 Å².